The van der Waals surface area contributed by atoms with Gasteiger partial charge in [0.2, 0.25) is 0 Å². The minimum atomic E-state index is 0. The molecule has 0 fully saturated rings. The van der Waals surface area contributed by atoms with E-state index in [0.717, 1.165) is 12.4 Å². The Balaban J connectivity index is -0.0000000125. The summed E-state index contributed by atoms with van der Waals surface area (Å²) >= 11 is 0. The smallest absolute Gasteiger partial charge is 1.00 e. The Morgan fingerprint density at radius 1 is 1.00 bits per heavy atom. The molecule has 6 N–H and O–H groups in total. The first kappa shape index (κ1) is 23.4. The molecule has 0 aromatic carbocycles. The standard InChI is InChI=1S/C2H4N2O2.Mg.2H2O.2H/c5-3-1-2-4-6;;;;;/h1-2,5-6H;;2*1H2;;/q;+2;;;2*-1. The van der Waals surface area contributed by atoms with Crippen molar-refractivity contribution >= 4 is 35.5 Å². The van der Waals surface area contributed by atoms with E-state index in [4.69, 9.17) is 10.4 Å². The van der Waals surface area contributed by atoms with Crippen LogP contribution in [-0.2, 0) is 0 Å². The van der Waals surface area contributed by atoms with Crippen LogP contribution in [0.4, 0.5) is 0 Å². The van der Waals surface area contributed by atoms with Gasteiger partial charge in [-0.05, 0) is 0 Å². The van der Waals surface area contributed by atoms with Gasteiger partial charge in [-0.15, -0.1) is 0 Å². The van der Waals surface area contributed by atoms with Gasteiger partial charge in [0, 0.05) is 0 Å². The average Bonchev–Trinajstić information content (AvgIpc) is 1.61. The molecule has 0 bridgehead atoms. The summed E-state index contributed by atoms with van der Waals surface area (Å²) < 4.78 is 0. The van der Waals surface area contributed by atoms with Crippen molar-refractivity contribution in [3.63, 3.8) is 0 Å². The molecule has 0 aromatic heterocycles. The van der Waals surface area contributed by atoms with Gasteiger partial charge in [0.25, 0.3) is 0 Å². The van der Waals surface area contributed by atoms with E-state index >= 15 is 0 Å². The van der Waals surface area contributed by atoms with Gasteiger partial charge in [0.15, 0.2) is 0 Å². The van der Waals surface area contributed by atoms with Gasteiger partial charge < -0.3 is 24.2 Å². The van der Waals surface area contributed by atoms with Crippen LogP contribution in [0.1, 0.15) is 2.85 Å². The zero-order valence-corrected chi connectivity index (χ0v) is 6.06. The molecule has 0 saturated carbocycles. The third-order valence-corrected chi connectivity index (χ3v) is 0.200. The summed E-state index contributed by atoms with van der Waals surface area (Å²) in [6.45, 7) is 0. The predicted octanol–water partition coefficient (Wildman–Crippen LogP) is -1.90. The van der Waals surface area contributed by atoms with Crippen LogP contribution in [0.25, 0.3) is 0 Å². The van der Waals surface area contributed by atoms with Crippen molar-refractivity contribution in [2.45, 2.75) is 0 Å². The minimum absolute atomic E-state index is 0. The van der Waals surface area contributed by atoms with Gasteiger partial charge >= 0.3 is 23.1 Å². The number of hydrogen-bond acceptors (Lipinski definition) is 4. The summed E-state index contributed by atoms with van der Waals surface area (Å²) in [5.74, 6) is 0. The van der Waals surface area contributed by atoms with Crippen molar-refractivity contribution in [2.75, 3.05) is 0 Å². The van der Waals surface area contributed by atoms with E-state index in [-0.39, 0.29) is 36.9 Å². The van der Waals surface area contributed by atoms with Crippen LogP contribution in [0.2, 0.25) is 0 Å². The van der Waals surface area contributed by atoms with Crippen molar-refractivity contribution in [3.05, 3.63) is 0 Å². The van der Waals surface area contributed by atoms with Crippen molar-refractivity contribution in [3.8, 4) is 0 Å². The normalized spacial score (nSPS) is 7.56. The van der Waals surface area contributed by atoms with Crippen LogP contribution < -0.4 is 0 Å². The minimum Gasteiger partial charge on any atom is -1.00 e. The average molecular weight is 150 g/mol. The van der Waals surface area contributed by atoms with Crippen LogP contribution in [0.3, 0.4) is 0 Å². The van der Waals surface area contributed by atoms with Gasteiger partial charge in [0.05, 0.1) is 12.4 Å². The molecular weight excluding hydrogens is 140 g/mol. The fourth-order valence-corrected chi connectivity index (χ4v) is 0.0596. The summed E-state index contributed by atoms with van der Waals surface area (Å²) in [5.41, 5.74) is 0. The molecular formula is C2H10MgN2O4. The number of hydrogen-bond donors (Lipinski definition) is 2. The monoisotopic (exact) mass is 150 g/mol. The van der Waals surface area contributed by atoms with Crippen LogP contribution >= 0.6 is 0 Å². The molecule has 0 radical (unpaired) electrons. The number of rotatable bonds is 1. The van der Waals surface area contributed by atoms with Gasteiger partial charge in [-0.25, -0.2) is 0 Å². The van der Waals surface area contributed by atoms with Crippen LogP contribution in [0, 0.1) is 0 Å². The molecule has 9 heavy (non-hydrogen) atoms. The molecule has 0 unspecified atom stereocenters. The Morgan fingerprint density at radius 2 is 1.22 bits per heavy atom. The molecule has 0 saturated heterocycles. The zero-order valence-electron chi connectivity index (χ0n) is 6.65. The molecule has 0 heterocycles. The molecule has 0 atom stereocenters. The first-order valence-electron chi connectivity index (χ1n) is 1.25. The topological polar surface area (TPSA) is 128 Å². The van der Waals surface area contributed by atoms with Crippen molar-refractivity contribution in [1.82, 2.24) is 0 Å². The fourth-order valence-electron chi connectivity index (χ4n) is 0.0596. The van der Waals surface area contributed by atoms with E-state index in [1.165, 1.54) is 0 Å². The van der Waals surface area contributed by atoms with Crippen molar-refractivity contribution < 1.29 is 24.2 Å². The maximum Gasteiger partial charge on any atom is 2.00 e. The third kappa shape index (κ3) is 35.0. The van der Waals surface area contributed by atoms with Crippen LogP contribution in [0.5, 0.6) is 0 Å². The molecule has 0 spiro atoms. The fraction of sp³-hybridized carbons (Fsp3) is 0. The van der Waals surface area contributed by atoms with Crippen molar-refractivity contribution in [2.24, 2.45) is 10.3 Å². The molecule has 0 aromatic rings. The molecule has 7 heteroatoms. The van der Waals surface area contributed by atoms with Crippen LogP contribution in [-0.4, -0.2) is 56.8 Å². The summed E-state index contributed by atoms with van der Waals surface area (Å²) in [6, 6.07) is 0. The Morgan fingerprint density at radius 3 is 1.33 bits per heavy atom. The maximum atomic E-state index is 7.56. The summed E-state index contributed by atoms with van der Waals surface area (Å²) in [5, 5.41) is 20.1. The zero-order chi connectivity index (χ0) is 4.83. The van der Waals surface area contributed by atoms with Gasteiger partial charge in [-0.3, -0.25) is 0 Å². The van der Waals surface area contributed by atoms with E-state index in [0.29, 0.717) is 0 Å². The third-order valence-electron chi connectivity index (χ3n) is 0.200. The number of nitrogens with zero attached hydrogens (tertiary/aromatic N) is 2. The van der Waals surface area contributed by atoms with E-state index in [9.17, 15) is 0 Å². The molecule has 0 rings (SSSR count). The van der Waals surface area contributed by atoms with E-state index < -0.39 is 0 Å². The molecule has 6 nitrogen and oxygen atoms in total. The first-order chi connectivity index (χ1) is 2.91. The van der Waals surface area contributed by atoms with E-state index in [1.807, 2.05) is 0 Å². The second kappa shape index (κ2) is 25.5. The van der Waals surface area contributed by atoms with Gasteiger partial charge in [-0.2, -0.15) is 0 Å². The van der Waals surface area contributed by atoms with E-state index in [1.54, 1.807) is 0 Å². The molecule has 0 amide bonds. The summed E-state index contributed by atoms with van der Waals surface area (Å²) in [7, 11) is 0. The molecule has 0 aliphatic carbocycles. The molecule has 0 aliphatic heterocycles. The summed E-state index contributed by atoms with van der Waals surface area (Å²) in [4.78, 5) is 0. The Kier molecular flexibility index (Phi) is 66.3. The SMILES string of the molecule is O.O.ON=CC=NO.[H-].[H-].[Mg+2]. The number of oxime groups is 2. The predicted molar refractivity (Wildman–Crippen MR) is 35.8 cm³/mol. The Labute approximate surface area is 70.6 Å². The molecule has 54 valence electrons. The summed E-state index contributed by atoms with van der Waals surface area (Å²) in [6.07, 6.45) is 1.89. The van der Waals surface area contributed by atoms with Gasteiger partial charge in [0.1, 0.15) is 0 Å². The first-order valence-corrected chi connectivity index (χ1v) is 1.25. The Bertz CT molecular complexity index is 72.5. The quantitative estimate of drug-likeness (QED) is 0.196. The maximum absolute atomic E-state index is 7.56. The van der Waals surface area contributed by atoms with Gasteiger partial charge in [-0.1, -0.05) is 10.3 Å². The molecule has 0 aliphatic rings. The largest absolute Gasteiger partial charge is 2.00 e. The second-order valence-corrected chi connectivity index (χ2v) is 0.529. The van der Waals surface area contributed by atoms with E-state index in [2.05, 4.69) is 10.3 Å². The van der Waals surface area contributed by atoms with Crippen LogP contribution in [0.15, 0.2) is 10.3 Å². The second-order valence-electron chi connectivity index (χ2n) is 0.529. The van der Waals surface area contributed by atoms with Crippen molar-refractivity contribution in [1.29, 1.82) is 0 Å². The Hall–Kier alpha value is -0.374.